The number of anilines is 2. The van der Waals surface area contributed by atoms with Crippen molar-refractivity contribution in [2.24, 2.45) is 0 Å². The second-order valence-corrected chi connectivity index (χ2v) is 5.54. The standard InChI is InChI=1S/C13H9F3N4S/c14-13(15,16)10-4-3-8(5-17)11(19-10)20-12-18-9(6-21-12)7-1-2-7/h3-4,6-7H,1-2H2,(H,18,19,20). The molecular formula is C13H9F3N4S. The fourth-order valence-electron chi connectivity index (χ4n) is 1.81. The quantitative estimate of drug-likeness (QED) is 0.929. The number of halogens is 3. The molecule has 108 valence electrons. The molecule has 0 saturated heterocycles. The van der Waals surface area contributed by atoms with Gasteiger partial charge in [0.05, 0.1) is 11.3 Å². The second-order valence-electron chi connectivity index (χ2n) is 4.68. The molecule has 2 heterocycles. The normalized spacial score (nSPS) is 14.8. The predicted octanol–water partition coefficient (Wildman–Crippen LogP) is 4.05. The van der Waals surface area contributed by atoms with Crippen LogP contribution in [0.5, 0.6) is 0 Å². The predicted molar refractivity (Wildman–Crippen MR) is 71.3 cm³/mol. The summed E-state index contributed by atoms with van der Waals surface area (Å²) in [6.07, 6.45) is -2.37. The van der Waals surface area contributed by atoms with Crippen molar-refractivity contribution in [3.05, 3.63) is 34.5 Å². The lowest BCUT2D eigenvalue weighted by Gasteiger charge is -2.09. The van der Waals surface area contributed by atoms with Crippen LogP contribution in [0.1, 0.15) is 35.7 Å². The Labute approximate surface area is 122 Å². The molecule has 1 aliphatic carbocycles. The Bertz CT molecular complexity index is 713. The maximum absolute atomic E-state index is 12.7. The summed E-state index contributed by atoms with van der Waals surface area (Å²) < 4.78 is 38.0. The molecule has 1 fully saturated rings. The Kier molecular flexibility index (Phi) is 3.29. The highest BCUT2D eigenvalue weighted by Gasteiger charge is 2.33. The molecule has 0 bridgehead atoms. The smallest absolute Gasteiger partial charge is 0.315 e. The molecule has 1 saturated carbocycles. The molecule has 2 aromatic heterocycles. The van der Waals surface area contributed by atoms with Gasteiger partial charge < -0.3 is 5.32 Å². The molecule has 4 nitrogen and oxygen atoms in total. The van der Waals surface area contributed by atoms with Gasteiger partial charge in [0, 0.05) is 11.3 Å². The molecule has 21 heavy (non-hydrogen) atoms. The molecule has 3 rings (SSSR count). The van der Waals surface area contributed by atoms with Crippen molar-refractivity contribution in [2.45, 2.75) is 24.9 Å². The second kappa shape index (κ2) is 5.00. The number of nitrogens with one attached hydrogen (secondary N) is 1. The number of aromatic nitrogens is 2. The van der Waals surface area contributed by atoms with Gasteiger partial charge in [-0.2, -0.15) is 18.4 Å². The van der Waals surface area contributed by atoms with E-state index in [-0.39, 0.29) is 11.4 Å². The lowest BCUT2D eigenvalue weighted by atomic mass is 10.2. The van der Waals surface area contributed by atoms with Gasteiger partial charge >= 0.3 is 6.18 Å². The summed E-state index contributed by atoms with van der Waals surface area (Å²) in [6, 6.07) is 3.72. The van der Waals surface area contributed by atoms with E-state index in [0.29, 0.717) is 11.0 Å². The van der Waals surface area contributed by atoms with Gasteiger partial charge in [-0.15, -0.1) is 11.3 Å². The molecule has 1 N–H and O–H groups in total. The molecular weight excluding hydrogens is 301 g/mol. The third-order valence-corrected chi connectivity index (χ3v) is 3.82. The van der Waals surface area contributed by atoms with Crippen molar-refractivity contribution >= 4 is 22.3 Å². The number of nitrogens with zero attached hydrogens (tertiary/aromatic N) is 3. The third kappa shape index (κ3) is 2.97. The number of nitriles is 1. The molecule has 8 heteroatoms. The summed E-state index contributed by atoms with van der Waals surface area (Å²) in [7, 11) is 0. The molecule has 0 spiro atoms. The molecule has 0 aliphatic heterocycles. The van der Waals surface area contributed by atoms with E-state index >= 15 is 0 Å². The number of hydrogen-bond donors (Lipinski definition) is 1. The van der Waals surface area contributed by atoms with Gasteiger partial charge in [-0.05, 0) is 25.0 Å². The van der Waals surface area contributed by atoms with Crippen LogP contribution in [0.4, 0.5) is 24.1 Å². The van der Waals surface area contributed by atoms with E-state index < -0.39 is 11.9 Å². The molecule has 0 amide bonds. The lowest BCUT2D eigenvalue weighted by molar-refractivity contribution is -0.141. The highest BCUT2D eigenvalue weighted by molar-refractivity contribution is 7.13. The van der Waals surface area contributed by atoms with Crippen molar-refractivity contribution in [1.82, 2.24) is 9.97 Å². The van der Waals surface area contributed by atoms with Gasteiger partial charge in [-0.25, -0.2) is 9.97 Å². The van der Waals surface area contributed by atoms with Crippen molar-refractivity contribution in [3.8, 4) is 6.07 Å². The molecule has 0 atom stereocenters. The number of hydrogen-bond acceptors (Lipinski definition) is 5. The Balaban J connectivity index is 1.90. The molecule has 2 aromatic rings. The van der Waals surface area contributed by atoms with Gasteiger partial charge in [0.25, 0.3) is 0 Å². The van der Waals surface area contributed by atoms with E-state index in [1.54, 1.807) is 0 Å². The van der Waals surface area contributed by atoms with E-state index in [0.717, 1.165) is 30.7 Å². The Morgan fingerprint density at radius 1 is 1.29 bits per heavy atom. The number of alkyl halides is 3. The van der Waals surface area contributed by atoms with Crippen LogP contribution in [0, 0.1) is 11.3 Å². The molecule has 1 aliphatic rings. The third-order valence-electron chi connectivity index (χ3n) is 3.05. The Hall–Kier alpha value is -2.14. The van der Waals surface area contributed by atoms with Crippen molar-refractivity contribution < 1.29 is 13.2 Å². The van der Waals surface area contributed by atoms with Crippen LogP contribution in [-0.4, -0.2) is 9.97 Å². The Morgan fingerprint density at radius 2 is 2.05 bits per heavy atom. The van der Waals surface area contributed by atoms with E-state index in [1.807, 2.05) is 11.4 Å². The number of rotatable bonds is 3. The van der Waals surface area contributed by atoms with Crippen LogP contribution < -0.4 is 5.32 Å². The van der Waals surface area contributed by atoms with Crippen LogP contribution >= 0.6 is 11.3 Å². The summed E-state index contributed by atoms with van der Waals surface area (Å²) in [5, 5.41) is 14.0. The van der Waals surface area contributed by atoms with E-state index in [2.05, 4.69) is 15.3 Å². The first-order chi connectivity index (χ1) is 9.97. The first kappa shape index (κ1) is 13.8. The minimum Gasteiger partial charge on any atom is -0.315 e. The van der Waals surface area contributed by atoms with Gasteiger partial charge in [-0.3, -0.25) is 0 Å². The lowest BCUT2D eigenvalue weighted by Crippen LogP contribution is -2.10. The summed E-state index contributed by atoms with van der Waals surface area (Å²) in [5.41, 5.74) is -0.0536. The van der Waals surface area contributed by atoms with E-state index in [1.165, 1.54) is 11.3 Å². The molecule has 0 aromatic carbocycles. The van der Waals surface area contributed by atoms with Gasteiger partial charge in [0.2, 0.25) is 0 Å². The topological polar surface area (TPSA) is 61.6 Å². The number of thiazole rings is 1. The van der Waals surface area contributed by atoms with Gasteiger partial charge in [0.15, 0.2) is 10.9 Å². The van der Waals surface area contributed by atoms with E-state index in [4.69, 9.17) is 5.26 Å². The van der Waals surface area contributed by atoms with Crippen molar-refractivity contribution in [1.29, 1.82) is 5.26 Å². The van der Waals surface area contributed by atoms with Gasteiger partial charge in [0.1, 0.15) is 11.8 Å². The molecule has 0 unspecified atom stereocenters. The van der Waals surface area contributed by atoms with E-state index in [9.17, 15) is 13.2 Å². The first-order valence-corrected chi connectivity index (χ1v) is 7.06. The van der Waals surface area contributed by atoms with Gasteiger partial charge in [-0.1, -0.05) is 0 Å². The monoisotopic (exact) mass is 310 g/mol. The minimum absolute atomic E-state index is 0.0474. The minimum atomic E-state index is -4.55. The average Bonchev–Trinajstić information content (AvgIpc) is 3.18. The van der Waals surface area contributed by atoms with Crippen LogP contribution in [0.2, 0.25) is 0 Å². The number of pyridine rings is 1. The highest BCUT2D eigenvalue weighted by atomic mass is 32.1. The SMILES string of the molecule is N#Cc1ccc(C(F)(F)F)nc1Nc1nc(C2CC2)cs1. The zero-order chi connectivity index (χ0) is 15.0. The summed E-state index contributed by atoms with van der Waals surface area (Å²) in [5.74, 6) is 0.339. The largest absolute Gasteiger partial charge is 0.433 e. The maximum atomic E-state index is 12.7. The first-order valence-electron chi connectivity index (χ1n) is 6.18. The van der Waals surface area contributed by atoms with Crippen LogP contribution in [-0.2, 0) is 6.18 Å². The average molecular weight is 310 g/mol. The molecule has 0 radical (unpaired) electrons. The maximum Gasteiger partial charge on any atom is 0.433 e. The van der Waals surface area contributed by atoms with Crippen LogP contribution in [0.15, 0.2) is 17.5 Å². The zero-order valence-corrected chi connectivity index (χ0v) is 11.4. The fourth-order valence-corrected chi connectivity index (χ4v) is 2.61. The van der Waals surface area contributed by atoms with Crippen molar-refractivity contribution in [3.63, 3.8) is 0 Å². The fraction of sp³-hybridized carbons (Fsp3) is 0.308. The van der Waals surface area contributed by atoms with Crippen LogP contribution in [0.3, 0.4) is 0 Å². The zero-order valence-electron chi connectivity index (χ0n) is 10.6. The summed E-state index contributed by atoms with van der Waals surface area (Å²) in [4.78, 5) is 7.80. The van der Waals surface area contributed by atoms with Crippen molar-refractivity contribution in [2.75, 3.05) is 5.32 Å². The Morgan fingerprint density at radius 3 is 2.67 bits per heavy atom. The van der Waals surface area contributed by atoms with Crippen LogP contribution in [0.25, 0.3) is 0 Å². The summed E-state index contributed by atoms with van der Waals surface area (Å²) >= 11 is 1.29. The highest BCUT2D eigenvalue weighted by Crippen LogP contribution is 2.41. The summed E-state index contributed by atoms with van der Waals surface area (Å²) in [6.45, 7) is 0.